The normalized spacial score (nSPS) is 10.9. The molecule has 0 saturated heterocycles. The zero-order valence-corrected chi connectivity index (χ0v) is 13.3. The molecule has 0 bridgehead atoms. The van der Waals surface area contributed by atoms with E-state index in [0.29, 0.717) is 40.0 Å². The minimum atomic E-state index is -2.47. The van der Waals surface area contributed by atoms with E-state index in [1.807, 2.05) is 0 Å². The summed E-state index contributed by atoms with van der Waals surface area (Å²) in [6.07, 6.45) is 0.536. The van der Waals surface area contributed by atoms with Crippen LogP contribution in [0.4, 0.5) is 8.78 Å². The summed E-state index contributed by atoms with van der Waals surface area (Å²) in [5.74, 6) is -1.98. The highest BCUT2D eigenvalue weighted by Gasteiger charge is 2.09. The zero-order valence-electron chi connectivity index (χ0n) is 11.7. The van der Waals surface area contributed by atoms with Gasteiger partial charge in [-0.2, -0.15) is 13.9 Å². The molecule has 22 heavy (non-hydrogen) atoms. The van der Waals surface area contributed by atoms with Crippen LogP contribution in [0.1, 0.15) is 16.2 Å². The van der Waals surface area contributed by atoms with Crippen molar-refractivity contribution in [2.45, 2.75) is 17.1 Å². The van der Waals surface area contributed by atoms with E-state index in [9.17, 15) is 13.6 Å². The lowest BCUT2D eigenvalue weighted by Crippen LogP contribution is -2.26. The van der Waals surface area contributed by atoms with Gasteiger partial charge in [-0.05, 0) is 36.5 Å². The summed E-state index contributed by atoms with van der Waals surface area (Å²) in [5, 5.41) is 9.46. The van der Waals surface area contributed by atoms with Gasteiger partial charge in [0, 0.05) is 30.5 Å². The average molecular weight is 344 g/mol. The van der Waals surface area contributed by atoms with Gasteiger partial charge in [0.2, 0.25) is 0 Å². The van der Waals surface area contributed by atoms with Crippen LogP contribution in [0.2, 0.25) is 0 Å². The average Bonchev–Trinajstić information content (AvgIpc) is 2.79. The van der Waals surface area contributed by atoms with Crippen LogP contribution in [0.25, 0.3) is 0 Å². The van der Waals surface area contributed by atoms with Gasteiger partial charge in [-0.15, -0.1) is 0 Å². The second-order valence-electron chi connectivity index (χ2n) is 4.41. The number of carbonyl (C=O) groups excluding carboxylic acids is 1. The minimum Gasteiger partial charge on any atom is -0.352 e. The van der Waals surface area contributed by atoms with Gasteiger partial charge in [-0.3, -0.25) is 9.89 Å². The number of amides is 1. The molecule has 0 unspecified atom stereocenters. The third-order valence-corrected chi connectivity index (χ3v) is 4.04. The van der Waals surface area contributed by atoms with Gasteiger partial charge in [0.25, 0.3) is 11.7 Å². The first-order valence-corrected chi connectivity index (χ1v) is 7.69. The number of thioether (sulfide) groups is 1. The highest BCUT2D eigenvalue weighted by molar-refractivity contribution is 7.99. The fourth-order valence-corrected chi connectivity index (χ4v) is 2.43. The Morgan fingerprint density at radius 3 is 2.68 bits per heavy atom. The molecule has 0 atom stereocenters. The van der Waals surface area contributed by atoms with Gasteiger partial charge in [-0.1, -0.05) is 11.8 Å². The topological polar surface area (TPSA) is 62.7 Å². The molecule has 0 aliphatic rings. The number of aromatic nitrogens is 3. The summed E-state index contributed by atoms with van der Waals surface area (Å²) in [4.78, 5) is 12.4. The first-order valence-electron chi connectivity index (χ1n) is 6.40. The molecule has 2 rings (SSSR count). The Hall–Kier alpha value is -1.74. The second kappa shape index (κ2) is 7.50. The number of H-pyrrole nitrogens is 1. The van der Waals surface area contributed by atoms with E-state index in [1.165, 1.54) is 24.3 Å². The van der Waals surface area contributed by atoms with Gasteiger partial charge in [0.1, 0.15) is 5.82 Å². The van der Waals surface area contributed by atoms with Gasteiger partial charge < -0.3 is 9.88 Å². The van der Waals surface area contributed by atoms with Crippen LogP contribution in [0.15, 0.2) is 29.2 Å². The standard InChI is InChI=1S/C13H14F2N4OS2/c1-19-10(17-18-13(19)21)6-7-16-11(20)8-2-4-9(5-3-8)22-12(14)15/h2-5,12H,6-7H2,1H3,(H,16,20)(H,18,21). The maximum Gasteiger partial charge on any atom is 0.288 e. The number of carbonyl (C=O) groups is 1. The summed E-state index contributed by atoms with van der Waals surface area (Å²) >= 11 is 5.45. The highest BCUT2D eigenvalue weighted by atomic mass is 32.2. The van der Waals surface area contributed by atoms with Crippen LogP contribution in [-0.4, -0.2) is 33.0 Å². The molecule has 2 aromatic rings. The molecule has 118 valence electrons. The molecule has 1 amide bonds. The largest absolute Gasteiger partial charge is 0.352 e. The predicted octanol–water partition coefficient (Wildman–Crippen LogP) is 2.76. The van der Waals surface area contributed by atoms with Crippen molar-refractivity contribution in [2.75, 3.05) is 6.54 Å². The molecule has 1 aromatic carbocycles. The Bertz CT molecular complexity index is 697. The van der Waals surface area contributed by atoms with Crippen LogP contribution < -0.4 is 5.32 Å². The third-order valence-electron chi connectivity index (χ3n) is 2.95. The molecule has 0 radical (unpaired) electrons. The van der Waals surface area contributed by atoms with Crippen molar-refractivity contribution < 1.29 is 13.6 Å². The van der Waals surface area contributed by atoms with Crippen molar-refractivity contribution in [3.8, 4) is 0 Å². The molecule has 0 spiro atoms. The lowest BCUT2D eigenvalue weighted by molar-refractivity contribution is 0.0954. The second-order valence-corrected chi connectivity index (χ2v) is 5.86. The molecule has 5 nitrogen and oxygen atoms in total. The predicted molar refractivity (Wildman–Crippen MR) is 82.7 cm³/mol. The van der Waals surface area contributed by atoms with Crippen LogP contribution in [0, 0.1) is 4.77 Å². The van der Waals surface area contributed by atoms with E-state index >= 15 is 0 Å². The van der Waals surface area contributed by atoms with E-state index in [1.54, 1.807) is 11.6 Å². The molecule has 1 heterocycles. The molecule has 0 fully saturated rings. The quantitative estimate of drug-likeness (QED) is 0.625. The molecule has 2 N–H and O–H groups in total. The molecule has 9 heteroatoms. The fraction of sp³-hybridized carbons (Fsp3) is 0.308. The number of rotatable bonds is 6. The number of nitrogens with one attached hydrogen (secondary N) is 2. The molecule has 0 aliphatic heterocycles. The first-order chi connectivity index (χ1) is 10.5. The number of alkyl halides is 2. The number of nitrogens with zero attached hydrogens (tertiary/aromatic N) is 2. The van der Waals surface area contributed by atoms with E-state index < -0.39 is 5.76 Å². The Morgan fingerprint density at radius 1 is 1.45 bits per heavy atom. The highest BCUT2D eigenvalue weighted by Crippen LogP contribution is 2.25. The number of hydrogen-bond acceptors (Lipinski definition) is 4. The fourth-order valence-electron chi connectivity index (χ4n) is 1.78. The van der Waals surface area contributed by atoms with Gasteiger partial charge in [0.15, 0.2) is 4.77 Å². The lowest BCUT2D eigenvalue weighted by Gasteiger charge is -2.06. The van der Waals surface area contributed by atoms with Crippen molar-refractivity contribution in [3.63, 3.8) is 0 Å². The van der Waals surface area contributed by atoms with E-state index in [0.717, 1.165) is 5.82 Å². The third kappa shape index (κ3) is 4.38. The van der Waals surface area contributed by atoms with E-state index in [-0.39, 0.29) is 5.91 Å². The Balaban J connectivity index is 1.87. The van der Waals surface area contributed by atoms with E-state index in [2.05, 4.69) is 15.5 Å². The van der Waals surface area contributed by atoms with Gasteiger partial charge in [-0.25, -0.2) is 0 Å². The van der Waals surface area contributed by atoms with E-state index in [4.69, 9.17) is 12.2 Å². The monoisotopic (exact) mass is 344 g/mol. The number of halogens is 2. The molecule has 1 aromatic heterocycles. The number of benzene rings is 1. The minimum absolute atomic E-state index is 0.259. The maximum atomic E-state index is 12.2. The van der Waals surface area contributed by atoms with Crippen LogP contribution in [0.3, 0.4) is 0 Å². The SMILES string of the molecule is Cn1c(CCNC(=O)c2ccc(SC(F)F)cc2)n[nH]c1=S. The van der Waals surface area contributed by atoms with Crippen molar-refractivity contribution >= 4 is 29.9 Å². The van der Waals surface area contributed by atoms with Crippen molar-refractivity contribution in [1.82, 2.24) is 20.1 Å². The summed E-state index contributed by atoms with van der Waals surface area (Å²) in [7, 11) is 1.79. The summed E-state index contributed by atoms with van der Waals surface area (Å²) in [5.41, 5.74) is 0.425. The summed E-state index contributed by atoms with van der Waals surface area (Å²) in [6.45, 7) is 0.403. The molecular weight excluding hydrogens is 330 g/mol. The van der Waals surface area contributed by atoms with Gasteiger partial charge >= 0.3 is 0 Å². The van der Waals surface area contributed by atoms with Gasteiger partial charge in [0.05, 0.1) is 0 Å². The Kier molecular flexibility index (Phi) is 5.67. The van der Waals surface area contributed by atoms with Crippen LogP contribution in [0.5, 0.6) is 0 Å². The molecular formula is C13H14F2N4OS2. The van der Waals surface area contributed by atoms with Crippen molar-refractivity contribution in [2.24, 2.45) is 7.05 Å². The first kappa shape index (κ1) is 16.6. The Morgan fingerprint density at radius 2 is 2.14 bits per heavy atom. The van der Waals surface area contributed by atoms with Crippen molar-refractivity contribution in [1.29, 1.82) is 0 Å². The number of aromatic amines is 1. The smallest absolute Gasteiger partial charge is 0.288 e. The maximum absolute atomic E-state index is 12.2. The van der Waals surface area contributed by atoms with Crippen LogP contribution in [-0.2, 0) is 13.5 Å². The lowest BCUT2D eigenvalue weighted by atomic mass is 10.2. The summed E-state index contributed by atoms with van der Waals surface area (Å²) < 4.78 is 26.7. The number of hydrogen-bond donors (Lipinski definition) is 2. The van der Waals surface area contributed by atoms with Crippen molar-refractivity contribution in [3.05, 3.63) is 40.4 Å². The molecule has 0 saturated carbocycles. The Labute approximate surface area is 135 Å². The molecule has 0 aliphatic carbocycles. The van der Waals surface area contributed by atoms with Crippen LogP contribution >= 0.6 is 24.0 Å². The zero-order chi connectivity index (χ0) is 16.1. The summed E-state index contributed by atoms with van der Waals surface area (Å²) in [6, 6.07) is 6.05.